The maximum atomic E-state index is 13.3. The molecule has 0 fully saturated rings. The van der Waals surface area contributed by atoms with Crippen molar-refractivity contribution in [3.63, 3.8) is 0 Å². The minimum Gasteiger partial charge on any atom is -0.322 e. The smallest absolute Gasteiger partial charge is 0.264 e. The first-order valence-electron chi connectivity index (χ1n) is 9.19. The van der Waals surface area contributed by atoms with Gasteiger partial charge >= 0.3 is 0 Å². The second kappa shape index (κ2) is 9.15. The lowest BCUT2D eigenvalue weighted by atomic mass is 10.2. The second-order valence-electron chi connectivity index (χ2n) is 6.63. The molecule has 0 bridgehead atoms. The molecule has 0 aliphatic heterocycles. The molecule has 5 nitrogen and oxygen atoms in total. The van der Waals surface area contributed by atoms with Crippen molar-refractivity contribution in [2.45, 2.75) is 11.8 Å². The number of sulfonamides is 1. The third-order valence-electron chi connectivity index (χ3n) is 4.38. The van der Waals surface area contributed by atoms with Crippen LogP contribution in [0.3, 0.4) is 0 Å². The van der Waals surface area contributed by atoms with E-state index in [2.05, 4.69) is 11.9 Å². The fourth-order valence-electron chi connectivity index (χ4n) is 2.95. The van der Waals surface area contributed by atoms with Gasteiger partial charge in [0.2, 0.25) is 0 Å². The minimum absolute atomic E-state index is 0.0128. The van der Waals surface area contributed by atoms with Crippen LogP contribution >= 0.6 is 11.6 Å². The number of aryl methyl sites for hydroxylation is 1. The van der Waals surface area contributed by atoms with Gasteiger partial charge in [-0.1, -0.05) is 48.0 Å². The summed E-state index contributed by atoms with van der Waals surface area (Å²) in [6.45, 7) is 5.61. The summed E-state index contributed by atoms with van der Waals surface area (Å²) < 4.78 is 27.8. The monoisotopic (exact) mass is 440 g/mol. The predicted molar refractivity (Wildman–Crippen MR) is 122 cm³/mol. The van der Waals surface area contributed by atoms with Crippen LogP contribution in [0.1, 0.15) is 15.9 Å². The molecule has 0 radical (unpaired) electrons. The van der Waals surface area contributed by atoms with E-state index in [0.29, 0.717) is 16.4 Å². The lowest BCUT2D eigenvalue weighted by Gasteiger charge is -2.24. The van der Waals surface area contributed by atoms with Gasteiger partial charge < -0.3 is 5.32 Å². The molecule has 7 heteroatoms. The van der Waals surface area contributed by atoms with Crippen LogP contribution in [0.15, 0.2) is 90.3 Å². The van der Waals surface area contributed by atoms with Crippen molar-refractivity contribution in [3.05, 3.63) is 102 Å². The van der Waals surface area contributed by atoms with Crippen LogP contribution in [0.4, 0.5) is 11.4 Å². The van der Waals surface area contributed by atoms with E-state index in [-0.39, 0.29) is 17.0 Å². The van der Waals surface area contributed by atoms with Crippen molar-refractivity contribution in [2.75, 3.05) is 16.2 Å². The summed E-state index contributed by atoms with van der Waals surface area (Å²) in [5.41, 5.74) is 2.21. The van der Waals surface area contributed by atoms with Crippen LogP contribution < -0.4 is 9.62 Å². The maximum Gasteiger partial charge on any atom is 0.264 e. The number of hydrogen-bond acceptors (Lipinski definition) is 3. The molecule has 1 N–H and O–H groups in total. The molecule has 154 valence electrons. The summed E-state index contributed by atoms with van der Waals surface area (Å²) in [5.74, 6) is -0.398. The van der Waals surface area contributed by atoms with Crippen LogP contribution in [0.5, 0.6) is 0 Å². The molecule has 3 aromatic rings. The van der Waals surface area contributed by atoms with E-state index in [1.165, 1.54) is 28.6 Å². The van der Waals surface area contributed by atoms with Crippen molar-refractivity contribution in [1.82, 2.24) is 0 Å². The first kappa shape index (κ1) is 21.6. The summed E-state index contributed by atoms with van der Waals surface area (Å²) >= 11 is 6.23. The Kier molecular flexibility index (Phi) is 6.59. The summed E-state index contributed by atoms with van der Waals surface area (Å²) in [4.78, 5) is 12.7. The van der Waals surface area contributed by atoms with Gasteiger partial charge in [0.25, 0.3) is 15.9 Å². The number of nitrogens with zero attached hydrogens (tertiary/aromatic N) is 1. The van der Waals surface area contributed by atoms with Crippen LogP contribution in [0, 0.1) is 6.92 Å². The molecule has 0 aliphatic rings. The van der Waals surface area contributed by atoms with Crippen molar-refractivity contribution in [1.29, 1.82) is 0 Å². The van der Waals surface area contributed by atoms with Gasteiger partial charge in [-0.2, -0.15) is 0 Å². The first-order chi connectivity index (χ1) is 14.3. The predicted octanol–water partition coefficient (Wildman–Crippen LogP) is 5.28. The molecule has 3 rings (SSSR count). The standard InChI is InChI=1S/C23H21ClN2O3S/c1-3-14-26(22-13-5-4-12-21(22)24)30(28,29)20-11-7-9-18(16-20)23(27)25-19-10-6-8-17(2)15-19/h3-13,15-16H,1,14H2,2H3,(H,25,27). The molecule has 3 aromatic carbocycles. The molecular formula is C23H21ClN2O3S. The Bertz CT molecular complexity index is 1190. The number of hydrogen-bond donors (Lipinski definition) is 1. The van der Waals surface area contributed by atoms with Gasteiger partial charge in [-0.25, -0.2) is 8.42 Å². The first-order valence-corrected chi connectivity index (χ1v) is 11.0. The number of halogens is 1. The average molecular weight is 441 g/mol. The van der Waals surface area contributed by atoms with Gasteiger partial charge in [-0.3, -0.25) is 9.10 Å². The molecule has 0 heterocycles. The van der Waals surface area contributed by atoms with E-state index in [1.54, 1.807) is 36.4 Å². The van der Waals surface area contributed by atoms with E-state index in [1.807, 2.05) is 25.1 Å². The third-order valence-corrected chi connectivity index (χ3v) is 6.47. The van der Waals surface area contributed by atoms with Gasteiger partial charge in [0, 0.05) is 11.3 Å². The molecule has 0 aliphatic carbocycles. The Morgan fingerprint density at radius 2 is 1.80 bits per heavy atom. The second-order valence-corrected chi connectivity index (χ2v) is 8.90. The van der Waals surface area contributed by atoms with Crippen molar-refractivity contribution < 1.29 is 13.2 Å². The van der Waals surface area contributed by atoms with Crippen LogP contribution in [0.2, 0.25) is 5.02 Å². The molecular weight excluding hydrogens is 420 g/mol. The lowest BCUT2D eigenvalue weighted by Crippen LogP contribution is -2.31. The van der Waals surface area contributed by atoms with E-state index in [4.69, 9.17) is 11.6 Å². The van der Waals surface area contributed by atoms with Gasteiger partial charge in [-0.15, -0.1) is 6.58 Å². The average Bonchev–Trinajstić information content (AvgIpc) is 2.73. The molecule has 0 saturated carbocycles. The van der Waals surface area contributed by atoms with Gasteiger partial charge in [0.05, 0.1) is 22.2 Å². The maximum absolute atomic E-state index is 13.3. The lowest BCUT2D eigenvalue weighted by molar-refractivity contribution is 0.102. The Labute approximate surface area is 181 Å². The Balaban J connectivity index is 1.95. The molecule has 1 amide bonds. The third kappa shape index (κ3) is 4.72. The van der Waals surface area contributed by atoms with Crippen molar-refractivity contribution in [2.24, 2.45) is 0 Å². The zero-order valence-corrected chi connectivity index (χ0v) is 18.0. The largest absolute Gasteiger partial charge is 0.322 e. The van der Waals surface area contributed by atoms with Crippen LogP contribution in [-0.2, 0) is 10.0 Å². The summed E-state index contributed by atoms with van der Waals surface area (Å²) in [7, 11) is -3.98. The Morgan fingerprint density at radius 1 is 1.07 bits per heavy atom. The fourth-order valence-corrected chi connectivity index (χ4v) is 4.74. The Hall–Kier alpha value is -3.09. The van der Waals surface area contributed by atoms with Gasteiger partial charge in [0.15, 0.2) is 0 Å². The molecule has 0 aromatic heterocycles. The molecule has 0 saturated heterocycles. The van der Waals surface area contributed by atoms with E-state index in [9.17, 15) is 13.2 Å². The number of rotatable bonds is 7. The highest BCUT2D eigenvalue weighted by Gasteiger charge is 2.26. The number of benzene rings is 3. The van der Waals surface area contributed by atoms with Crippen LogP contribution in [-0.4, -0.2) is 20.9 Å². The zero-order valence-electron chi connectivity index (χ0n) is 16.4. The molecule has 0 unspecified atom stereocenters. The number of carbonyl (C=O) groups is 1. The number of para-hydroxylation sites is 1. The van der Waals surface area contributed by atoms with Crippen molar-refractivity contribution in [3.8, 4) is 0 Å². The van der Waals surface area contributed by atoms with E-state index in [0.717, 1.165) is 5.56 Å². The number of nitrogens with one attached hydrogen (secondary N) is 1. The summed E-state index contributed by atoms with van der Waals surface area (Å²) in [6.07, 6.45) is 1.48. The van der Waals surface area contributed by atoms with Gasteiger partial charge in [-0.05, 0) is 55.0 Å². The normalized spacial score (nSPS) is 11.0. The van der Waals surface area contributed by atoms with E-state index < -0.39 is 15.9 Å². The topological polar surface area (TPSA) is 66.5 Å². The van der Waals surface area contributed by atoms with Gasteiger partial charge in [0.1, 0.15) is 0 Å². The zero-order chi connectivity index (χ0) is 21.7. The highest BCUT2D eigenvalue weighted by Crippen LogP contribution is 2.30. The minimum atomic E-state index is -3.98. The number of carbonyl (C=O) groups excluding carboxylic acids is 1. The molecule has 0 spiro atoms. The summed E-state index contributed by atoms with van der Waals surface area (Å²) in [5, 5.41) is 3.09. The van der Waals surface area contributed by atoms with Crippen LogP contribution in [0.25, 0.3) is 0 Å². The van der Waals surface area contributed by atoms with E-state index >= 15 is 0 Å². The fraction of sp³-hybridized carbons (Fsp3) is 0.0870. The quantitative estimate of drug-likeness (QED) is 0.508. The highest BCUT2D eigenvalue weighted by atomic mass is 35.5. The Morgan fingerprint density at radius 3 is 2.50 bits per heavy atom. The molecule has 0 atom stereocenters. The molecule has 30 heavy (non-hydrogen) atoms. The van der Waals surface area contributed by atoms with Crippen molar-refractivity contribution >= 4 is 38.9 Å². The SMILES string of the molecule is C=CCN(c1ccccc1Cl)S(=O)(=O)c1cccc(C(=O)Nc2cccc(C)c2)c1. The number of amides is 1. The highest BCUT2D eigenvalue weighted by molar-refractivity contribution is 7.92. The summed E-state index contributed by atoms with van der Waals surface area (Å²) in [6, 6.07) is 19.9. The number of anilines is 2.